The van der Waals surface area contributed by atoms with Crippen molar-refractivity contribution < 1.29 is 9.47 Å². The Morgan fingerprint density at radius 3 is 1.83 bits per heavy atom. The van der Waals surface area contributed by atoms with E-state index in [0.29, 0.717) is 39.8 Å². The predicted molar refractivity (Wildman–Crippen MR) is 144 cm³/mol. The molecule has 0 aliphatic carbocycles. The van der Waals surface area contributed by atoms with Crippen LogP contribution in [0.15, 0.2) is 30.3 Å². The minimum atomic E-state index is 0.193. The zero-order valence-electron chi connectivity index (χ0n) is 16.0. The van der Waals surface area contributed by atoms with E-state index in [4.69, 9.17) is 44.3 Å². The summed E-state index contributed by atoms with van der Waals surface area (Å²) in [5, 5.41) is 3.29. The van der Waals surface area contributed by atoms with Crippen molar-refractivity contribution in [1.82, 2.24) is 0 Å². The van der Waals surface area contributed by atoms with E-state index >= 15 is 0 Å². The van der Waals surface area contributed by atoms with Gasteiger partial charge in [0.2, 0.25) is 0 Å². The van der Waals surface area contributed by atoms with Crippen molar-refractivity contribution in [3.05, 3.63) is 56.5 Å². The summed E-state index contributed by atoms with van der Waals surface area (Å²) in [5.74, 6) is 1.23. The molecule has 30 heavy (non-hydrogen) atoms. The van der Waals surface area contributed by atoms with Crippen LogP contribution in [0.5, 0.6) is 11.5 Å². The first kappa shape index (κ1) is 27.1. The van der Waals surface area contributed by atoms with Crippen molar-refractivity contribution in [2.24, 2.45) is 0 Å². The van der Waals surface area contributed by atoms with Gasteiger partial charge in [-0.3, -0.25) is 0 Å². The van der Waals surface area contributed by atoms with Gasteiger partial charge < -0.3 is 9.47 Å². The molecule has 0 saturated carbocycles. The minimum absolute atomic E-state index is 0.193. The fraction of sp³-hybridized carbons (Fsp3) is 0.429. The lowest BCUT2D eigenvalue weighted by Gasteiger charge is -2.14. The summed E-state index contributed by atoms with van der Waals surface area (Å²) >= 11 is 33.0. The Bertz CT molecular complexity index is 800. The number of ether oxygens (including phenoxy) is 2. The summed E-state index contributed by atoms with van der Waals surface area (Å²) in [7, 11) is 0. The Hall–Kier alpha value is 0.830. The number of aryl methyl sites for hydroxylation is 2. The van der Waals surface area contributed by atoms with Crippen LogP contribution in [0.1, 0.15) is 17.5 Å². The Morgan fingerprint density at radius 2 is 1.27 bits per heavy atom. The van der Waals surface area contributed by atoms with Crippen LogP contribution < -0.4 is 9.47 Å². The van der Waals surface area contributed by atoms with Gasteiger partial charge in [0.05, 0.1) is 24.7 Å². The van der Waals surface area contributed by atoms with Crippen LogP contribution in [0.2, 0.25) is 15.1 Å². The topological polar surface area (TPSA) is 18.5 Å². The van der Waals surface area contributed by atoms with Crippen LogP contribution >= 0.6 is 98.5 Å². The Morgan fingerprint density at radius 1 is 0.733 bits per heavy atom. The predicted octanol–water partition coefficient (Wildman–Crippen LogP) is 8.90. The number of halogens is 7. The fourth-order valence-electron chi connectivity index (χ4n) is 2.65. The number of hydrogen-bond acceptors (Lipinski definition) is 2. The Kier molecular flexibility index (Phi) is 12.8. The molecule has 0 amide bonds. The molecule has 0 N–H and O–H groups in total. The van der Waals surface area contributed by atoms with Crippen LogP contribution in [0.25, 0.3) is 0 Å². The largest absolute Gasteiger partial charge is 0.491 e. The molecule has 0 spiro atoms. The zero-order chi connectivity index (χ0) is 22.1. The van der Waals surface area contributed by atoms with Gasteiger partial charge in [0.1, 0.15) is 19.0 Å². The molecule has 0 aliphatic heterocycles. The number of rotatable bonds is 12. The molecular formula is C21H21Br4Cl3O2. The summed E-state index contributed by atoms with van der Waals surface area (Å²) in [6.45, 7) is 1.04. The highest BCUT2D eigenvalue weighted by Gasteiger charge is 2.12. The molecule has 0 bridgehead atoms. The second-order valence-corrected chi connectivity index (χ2v) is 11.7. The van der Waals surface area contributed by atoms with Crippen molar-refractivity contribution in [2.75, 3.05) is 23.9 Å². The standard InChI is InChI=1S/C21H21Br4Cl3O2/c22-9-15(24)11-29-20-5-4-13(6-17(20)26)2-1-3-14-7-18(27)21(19(28)8-14)30-12-16(25)10-23/h4-8,15-16H,1-3,9-12H2. The summed E-state index contributed by atoms with van der Waals surface area (Å²) in [4.78, 5) is 0.437. The average Bonchev–Trinajstić information content (AvgIpc) is 2.72. The molecule has 2 rings (SSSR count). The number of alkyl halides is 4. The molecule has 0 heterocycles. The number of benzene rings is 2. The molecule has 2 aromatic carbocycles. The molecule has 2 unspecified atom stereocenters. The van der Waals surface area contributed by atoms with E-state index in [0.717, 1.165) is 35.5 Å². The second kappa shape index (κ2) is 14.2. The molecule has 0 aromatic heterocycles. The van der Waals surface area contributed by atoms with Crippen LogP contribution in [-0.4, -0.2) is 33.5 Å². The monoisotopic (exact) mass is 726 g/mol. The summed E-state index contributed by atoms with van der Waals surface area (Å²) < 4.78 is 11.5. The van der Waals surface area contributed by atoms with Crippen LogP contribution in [0.4, 0.5) is 0 Å². The first-order valence-electron chi connectivity index (χ1n) is 9.26. The molecule has 0 aliphatic rings. The SMILES string of the molecule is Clc1cc(CCCc2cc(Cl)c(OCC(Br)CBr)c(Cl)c2)ccc1OCC(Br)CBr. The van der Waals surface area contributed by atoms with Gasteiger partial charge in [0.25, 0.3) is 0 Å². The van der Waals surface area contributed by atoms with Gasteiger partial charge in [-0.1, -0.05) is 105 Å². The van der Waals surface area contributed by atoms with Crippen molar-refractivity contribution in [2.45, 2.75) is 28.9 Å². The van der Waals surface area contributed by atoms with Gasteiger partial charge in [0.15, 0.2) is 5.75 Å². The molecule has 0 saturated heterocycles. The van der Waals surface area contributed by atoms with E-state index in [1.807, 2.05) is 24.3 Å². The molecule has 166 valence electrons. The molecule has 0 fully saturated rings. The maximum atomic E-state index is 6.38. The van der Waals surface area contributed by atoms with Crippen LogP contribution in [0, 0.1) is 0 Å². The van der Waals surface area contributed by atoms with Crippen molar-refractivity contribution in [1.29, 1.82) is 0 Å². The van der Waals surface area contributed by atoms with E-state index < -0.39 is 0 Å². The van der Waals surface area contributed by atoms with Crippen molar-refractivity contribution in [3.8, 4) is 11.5 Å². The van der Waals surface area contributed by atoms with Crippen LogP contribution in [-0.2, 0) is 12.8 Å². The average molecular weight is 731 g/mol. The quantitative estimate of drug-likeness (QED) is 0.203. The highest BCUT2D eigenvalue weighted by molar-refractivity contribution is 9.12. The minimum Gasteiger partial charge on any atom is -0.491 e. The first-order chi connectivity index (χ1) is 14.3. The summed E-state index contributed by atoms with van der Waals surface area (Å²) in [5.41, 5.74) is 2.25. The normalized spacial score (nSPS) is 13.2. The van der Waals surface area contributed by atoms with E-state index in [2.05, 4.69) is 69.8 Å². The van der Waals surface area contributed by atoms with E-state index in [1.54, 1.807) is 0 Å². The van der Waals surface area contributed by atoms with Gasteiger partial charge in [-0.2, -0.15) is 0 Å². The fourth-order valence-corrected chi connectivity index (χ4v) is 4.19. The van der Waals surface area contributed by atoms with E-state index in [-0.39, 0.29) is 9.65 Å². The van der Waals surface area contributed by atoms with Gasteiger partial charge in [-0.05, 0) is 54.7 Å². The van der Waals surface area contributed by atoms with Crippen LogP contribution in [0.3, 0.4) is 0 Å². The zero-order valence-corrected chi connectivity index (χ0v) is 24.6. The summed E-state index contributed by atoms with van der Waals surface area (Å²) in [6, 6.07) is 9.78. The smallest absolute Gasteiger partial charge is 0.156 e. The molecule has 2 nitrogen and oxygen atoms in total. The maximum Gasteiger partial charge on any atom is 0.156 e. The molecular weight excluding hydrogens is 710 g/mol. The van der Waals surface area contributed by atoms with E-state index in [1.165, 1.54) is 5.56 Å². The molecule has 0 radical (unpaired) electrons. The Balaban J connectivity index is 1.89. The third-order valence-corrected chi connectivity index (χ3v) is 9.48. The lowest BCUT2D eigenvalue weighted by molar-refractivity contribution is 0.325. The first-order valence-corrected chi connectivity index (χ1v) is 14.5. The Labute approximate surface area is 226 Å². The highest BCUT2D eigenvalue weighted by atomic mass is 79.9. The lowest BCUT2D eigenvalue weighted by Crippen LogP contribution is -2.12. The third-order valence-electron chi connectivity index (χ3n) is 4.15. The molecule has 2 aromatic rings. The van der Waals surface area contributed by atoms with Gasteiger partial charge in [-0.15, -0.1) is 0 Å². The highest BCUT2D eigenvalue weighted by Crippen LogP contribution is 2.35. The molecule has 2 atom stereocenters. The lowest BCUT2D eigenvalue weighted by atomic mass is 10.0. The number of hydrogen-bond donors (Lipinski definition) is 0. The van der Waals surface area contributed by atoms with Gasteiger partial charge in [0, 0.05) is 10.7 Å². The van der Waals surface area contributed by atoms with Crippen molar-refractivity contribution >= 4 is 98.5 Å². The second-order valence-electron chi connectivity index (χ2n) is 6.63. The summed E-state index contributed by atoms with van der Waals surface area (Å²) in [6.07, 6.45) is 2.70. The molecule has 9 heteroatoms. The maximum absolute atomic E-state index is 6.38. The van der Waals surface area contributed by atoms with E-state index in [9.17, 15) is 0 Å². The third kappa shape index (κ3) is 8.99. The van der Waals surface area contributed by atoms with Crippen molar-refractivity contribution in [3.63, 3.8) is 0 Å². The van der Waals surface area contributed by atoms with Gasteiger partial charge in [-0.25, -0.2) is 0 Å². The van der Waals surface area contributed by atoms with Gasteiger partial charge >= 0.3 is 0 Å².